The van der Waals surface area contributed by atoms with Gasteiger partial charge in [-0.05, 0) is 44.5 Å². The van der Waals surface area contributed by atoms with Gasteiger partial charge in [-0.1, -0.05) is 36.0 Å². The number of para-hydroxylation sites is 1. The van der Waals surface area contributed by atoms with Gasteiger partial charge in [-0.2, -0.15) is 0 Å². The molecule has 0 saturated heterocycles. The van der Waals surface area contributed by atoms with Crippen molar-refractivity contribution in [2.45, 2.75) is 31.2 Å². The molecule has 3 rings (SSSR count). The second-order valence-corrected chi connectivity index (χ2v) is 6.86. The standard InChI is InChI=1S/C18H17F2N3S/c1-11-7-4-5-10-16(11)23-13(3)21-22-18(23)24-12(2)17-14(19)8-6-9-15(17)20/h4-10,12H,1-3H3. The summed E-state index contributed by atoms with van der Waals surface area (Å²) in [6, 6.07) is 11.8. The van der Waals surface area contributed by atoms with E-state index >= 15 is 0 Å². The minimum atomic E-state index is -0.548. The van der Waals surface area contributed by atoms with Crippen molar-refractivity contribution in [1.29, 1.82) is 0 Å². The van der Waals surface area contributed by atoms with Crippen LogP contribution in [0.4, 0.5) is 8.78 Å². The Labute approximate surface area is 143 Å². The Bertz CT molecular complexity index is 856. The van der Waals surface area contributed by atoms with Gasteiger partial charge in [-0.15, -0.1) is 10.2 Å². The first kappa shape index (κ1) is 16.6. The Morgan fingerprint density at radius 1 is 0.958 bits per heavy atom. The van der Waals surface area contributed by atoms with Gasteiger partial charge in [0.15, 0.2) is 5.16 Å². The first-order valence-electron chi connectivity index (χ1n) is 7.57. The number of hydrogen-bond donors (Lipinski definition) is 0. The average Bonchev–Trinajstić information content (AvgIpc) is 2.88. The molecule has 6 heteroatoms. The van der Waals surface area contributed by atoms with E-state index in [9.17, 15) is 8.78 Å². The molecular weight excluding hydrogens is 328 g/mol. The van der Waals surface area contributed by atoms with E-state index < -0.39 is 16.9 Å². The van der Waals surface area contributed by atoms with E-state index in [4.69, 9.17) is 0 Å². The molecule has 0 fully saturated rings. The van der Waals surface area contributed by atoms with Crippen LogP contribution < -0.4 is 0 Å². The Morgan fingerprint density at radius 3 is 2.29 bits per heavy atom. The Morgan fingerprint density at radius 2 is 1.62 bits per heavy atom. The van der Waals surface area contributed by atoms with Crippen molar-refractivity contribution >= 4 is 11.8 Å². The fourth-order valence-electron chi connectivity index (χ4n) is 2.63. The Kier molecular flexibility index (Phi) is 4.66. The summed E-state index contributed by atoms with van der Waals surface area (Å²) < 4.78 is 29.9. The molecule has 0 aliphatic heterocycles. The highest BCUT2D eigenvalue weighted by Crippen LogP contribution is 2.37. The van der Waals surface area contributed by atoms with Gasteiger partial charge in [0.2, 0.25) is 0 Å². The molecule has 0 aliphatic carbocycles. The number of nitrogens with zero attached hydrogens (tertiary/aromatic N) is 3. The molecule has 0 spiro atoms. The third kappa shape index (κ3) is 3.06. The van der Waals surface area contributed by atoms with E-state index in [2.05, 4.69) is 10.2 Å². The largest absolute Gasteiger partial charge is 0.274 e. The molecule has 3 aromatic rings. The van der Waals surface area contributed by atoms with E-state index in [0.29, 0.717) is 5.16 Å². The summed E-state index contributed by atoms with van der Waals surface area (Å²) in [5, 5.41) is 8.49. The fraction of sp³-hybridized carbons (Fsp3) is 0.222. The molecule has 1 heterocycles. The van der Waals surface area contributed by atoms with Crippen LogP contribution in [0, 0.1) is 25.5 Å². The lowest BCUT2D eigenvalue weighted by atomic mass is 10.1. The fourth-order valence-corrected chi connectivity index (χ4v) is 3.71. The van der Waals surface area contributed by atoms with Crippen molar-refractivity contribution in [3.8, 4) is 5.69 Å². The van der Waals surface area contributed by atoms with Crippen molar-refractivity contribution in [3.05, 3.63) is 71.1 Å². The molecule has 0 aliphatic rings. The van der Waals surface area contributed by atoms with Gasteiger partial charge < -0.3 is 0 Å². The van der Waals surface area contributed by atoms with Crippen LogP contribution in [0.2, 0.25) is 0 Å². The van der Waals surface area contributed by atoms with Crippen molar-refractivity contribution < 1.29 is 8.78 Å². The number of halogens is 2. The highest BCUT2D eigenvalue weighted by molar-refractivity contribution is 7.99. The molecule has 0 radical (unpaired) electrons. The van der Waals surface area contributed by atoms with Gasteiger partial charge in [0.1, 0.15) is 17.5 Å². The van der Waals surface area contributed by atoms with Gasteiger partial charge >= 0.3 is 0 Å². The molecule has 1 aromatic heterocycles. The highest BCUT2D eigenvalue weighted by atomic mass is 32.2. The number of aryl methyl sites for hydroxylation is 2. The zero-order valence-corrected chi connectivity index (χ0v) is 14.4. The van der Waals surface area contributed by atoms with Crippen LogP contribution in [0.25, 0.3) is 5.69 Å². The van der Waals surface area contributed by atoms with Crippen molar-refractivity contribution in [2.75, 3.05) is 0 Å². The molecule has 0 N–H and O–H groups in total. The van der Waals surface area contributed by atoms with E-state index in [1.807, 2.05) is 42.7 Å². The topological polar surface area (TPSA) is 30.7 Å². The lowest BCUT2D eigenvalue weighted by molar-refractivity contribution is 0.557. The minimum Gasteiger partial charge on any atom is -0.274 e. The second-order valence-electron chi connectivity index (χ2n) is 5.55. The number of aromatic nitrogens is 3. The van der Waals surface area contributed by atoms with E-state index in [1.165, 1.54) is 30.0 Å². The average molecular weight is 345 g/mol. The van der Waals surface area contributed by atoms with Gasteiger partial charge in [-0.3, -0.25) is 4.57 Å². The normalized spacial score (nSPS) is 12.4. The highest BCUT2D eigenvalue weighted by Gasteiger charge is 2.21. The first-order valence-corrected chi connectivity index (χ1v) is 8.45. The van der Waals surface area contributed by atoms with E-state index in [1.54, 1.807) is 6.92 Å². The summed E-state index contributed by atoms with van der Waals surface area (Å²) in [5.41, 5.74) is 2.09. The molecule has 0 saturated carbocycles. The van der Waals surface area contributed by atoms with Crippen molar-refractivity contribution in [2.24, 2.45) is 0 Å². The zero-order valence-electron chi connectivity index (χ0n) is 13.6. The minimum absolute atomic E-state index is 0.0551. The maximum atomic E-state index is 14.0. The van der Waals surface area contributed by atoms with Gasteiger partial charge in [-0.25, -0.2) is 8.78 Å². The molecule has 2 aromatic carbocycles. The zero-order chi connectivity index (χ0) is 17.3. The van der Waals surface area contributed by atoms with E-state index in [-0.39, 0.29) is 5.56 Å². The molecular formula is C18H17F2N3S. The predicted molar refractivity (Wildman–Crippen MR) is 91.5 cm³/mol. The molecule has 24 heavy (non-hydrogen) atoms. The van der Waals surface area contributed by atoms with Crippen LogP contribution >= 0.6 is 11.8 Å². The molecule has 1 atom stereocenters. The number of rotatable bonds is 4. The molecule has 0 bridgehead atoms. The summed E-state index contributed by atoms with van der Waals surface area (Å²) >= 11 is 1.29. The summed E-state index contributed by atoms with van der Waals surface area (Å²) in [7, 11) is 0. The predicted octanol–water partition coefficient (Wildman–Crippen LogP) is 5.02. The molecule has 3 nitrogen and oxygen atoms in total. The smallest absolute Gasteiger partial charge is 0.196 e. The molecule has 1 unspecified atom stereocenters. The summed E-state index contributed by atoms with van der Waals surface area (Å²) in [5.74, 6) is -0.365. The van der Waals surface area contributed by atoms with Crippen molar-refractivity contribution in [1.82, 2.24) is 14.8 Å². The number of thioether (sulfide) groups is 1. The Balaban J connectivity index is 1.99. The van der Waals surface area contributed by atoms with Gasteiger partial charge in [0, 0.05) is 10.8 Å². The van der Waals surface area contributed by atoms with Crippen LogP contribution in [0.15, 0.2) is 47.6 Å². The van der Waals surface area contributed by atoms with Crippen molar-refractivity contribution in [3.63, 3.8) is 0 Å². The third-order valence-electron chi connectivity index (χ3n) is 3.84. The van der Waals surface area contributed by atoms with Crippen LogP contribution in [0.3, 0.4) is 0 Å². The SMILES string of the molecule is Cc1ccccc1-n1c(C)nnc1SC(C)c1c(F)cccc1F. The summed E-state index contributed by atoms with van der Waals surface area (Å²) in [4.78, 5) is 0. The first-order chi connectivity index (χ1) is 11.5. The third-order valence-corrected chi connectivity index (χ3v) is 4.90. The molecule has 124 valence electrons. The summed E-state index contributed by atoms with van der Waals surface area (Å²) in [6.07, 6.45) is 0. The van der Waals surface area contributed by atoms with Crippen LogP contribution in [0.5, 0.6) is 0 Å². The lowest BCUT2D eigenvalue weighted by Crippen LogP contribution is -2.04. The van der Waals surface area contributed by atoms with Crippen LogP contribution in [-0.4, -0.2) is 14.8 Å². The maximum Gasteiger partial charge on any atom is 0.196 e. The second kappa shape index (κ2) is 6.73. The van der Waals surface area contributed by atoms with Crippen LogP contribution in [-0.2, 0) is 0 Å². The van der Waals surface area contributed by atoms with Gasteiger partial charge in [0.05, 0.1) is 5.69 Å². The number of hydrogen-bond acceptors (Lipinski definition) is 3. The monoisotopic (exact) mass is 345 g/mol. The van der Waals surface area contributed by atoms with E-state index in [0.717, 1.165) is 17.1 Å². The maximum absolute atomic E-state index is 14.0. The lowest BCUT2D eigenvalue weighted by Gasteiger charge is -2.15. The van der Waals surface area contributed by atoms with Gasteiger partial charge in [0.25, 0.3) is 0 Å². The molecule has 0 amide bonds. The summed E-state index contributed by atoms with van der Waals surface area (Å²) in [6.45, 7) is 5.62. The van der Waals surface area contributed by atoms with Crippen LogP contribution in [0.1, 0.15) is 29.1 Å². The number of benzene rings is 2. The quantitative estimate of drug-likeness (QED) is 0.622. The Hall–Kier alpha value is -2.21.